The van der Waals surface area contributed by atoms with Crippen molar-refractivity contribution in [3.8, 4) is 17.1 Å². The van der Waals surface area contributed by atoms with Crippen molar-refractivity contribution in [2.45, 2.75) is 25.5 Å². The third-order valence-corrected chi connectivity index (χ3v) is 6.18. The zero-order chi connectivity index (χ0) is 23.2. The first-order chi connectivity index (χ1) is 16.1. The third-order valence-electron chi connectivity index (χ3n) is 5.21. The molecule has 0 unspecified atom stereocenters. The lowest BCUT2D eigenvalue weighted by atomic mass is 10.0. The molecular formula is C25H25N5O2S. The van der Waals surface area contributed by atoms with E-state index in [0.29, 0.717) is 17.5 Å². The quantitative estimate of drug-likeness (QED) is 0.235. The molecule has 0 spiro atoms. The average molecular weight is 460 g/mol. The minimum absolute atomic E-state index is 0.177. The van der Waals surface area contributed by atoms with Gasteiger partial charge in [0.15, 0.2) is 11.0 Å². The minimum atomic E-state index is -0.224. The highest BCUT2D eigenvalue weighted by molar-refractivity contribution is 7.99. The molecule has 4 rings (SSSR count). The van der Waals surface area contributed by atoms with Crippen LogP contribution >= 0.6 is 11.8 Å². The Morgan fingerprint density at radius 3 is 2.67 bits per heavy atom. The van der Waals surface area contributed by atoms with Gasteiger partial charge in [0.25, 0.3) is 5.91 Å². The van der Waals surface area contributed by atoms with Crippen LogP contribution in [0.4, 0.5) is 0 Å². The topological polar surface area (TPSA) is 81.4 Å². The molecule has 0 atom stereocenters. The first-order valence-electron chi connectivity index (χ1n) is 10.6. The summed E-state index contributed by atoms with van der Waals surface area (Å²) in [5, 5.41) is 15.5. The minimum Gasteiger partial charge on any atom is -0.496 e. The first-order valence-corrected chi connectivity index (χ1v) is 11.6. The molecule has 0 aliphatic carbocycles. The fraction of sp³-hybridized carbons (Fsp3) is 0.200. The van der Waals surface area contributed by atoms with E-state index in [9.17, 15) is 4.79 Å². The van der Waals surface area contributed by atoms with Gasteiger partial charge in [0.05, 0.1) is 19.1 Å². The van der Waals surface area contributed by atoms with E-state index in [0.717, 1.165) is 27.7 Å². The summed E-state index contributed by atoms with van der Waals surface area (Å²) in [5.41, 5.74) is 5.60. The highest BCUT2D eigenvalue weighted by Crippen LogP contribution is 2.26. The zero-order valence-electron chi connectivity index (χ0n) is 18.8. The van der Waals surface area contributed by atoms with Crippen LogP contribution in [0.3, 0.4) is 0 Å². The number of hydrogen-bond acceptors (Lipinski definition) is 6. The van der Waals surface area contributed by atoms with Gasteiger partial charge < -0.3 is 9.30 Å². The SMILES string of the molecule is CCn1c(SCC(=O)NN=Cc2c(OC)ccc3ccccc23)nnc1-c1ccc(C)cc1. The van der Waals surface area contributed by atoms with E-state index >= 15 is 0 Å². The summed E-state index contributed by atoms with van der Waals surface area (Å²) < 4.78 is 7.47. The van der Waals surface area contributed by atoms with Gasteiger partial charge in [-0.05, 0) is 30.7 Å². The Bertz CT molecular complexity index is 1300. The molecule has 3 aromatic carbocycles. The molecule has 8 heteroatoms. The Balaban J connectivity index is 1.42. The first kappa shape index (κ1) is 22.5. The Labute approximate surface area is 196 Å². The van der Waals surface area contributed by atoms with Crippen molar-refractivity contribution < 1.29 is 9.53 Å². The Morgan fingerprint density at radius 1 is 1.12 bits per heavy atom. The number of amides is 1. The van der Waals surface area contributed by atoms with Crippen LogP contribution in [0.25, 0.3) is 22.2 Å². The van der Waals surface area contributed by atoms with Gasteiger partial charge in [-0.1, -0.05) is 71.9 Å². The van der Waals surface area contributed by atoms with Crippen LogP contribution in [0.15, 0.2) is 70.9 Å². The summed E-state index contributed by atoms with van der Waals surface area (Å²) in [5.74, 6) is 1.44. The number of methoxy groups -OCH3 is 1. The summed E-state index contributed by atoms with van der Waals surface area (Å²) >= 11 is 1.33. The van der Waals surface area contributed by atoms with Gasteiger partial charge in [-0.15, -0.1) is 10.2 Å². The largest absolute Gasteiger partial charge is 0.496 e. The standard InChI is InChI=1S/C25H25N5O2S/c1-4-30-24(19-11-9-17(2)10-12-19)28-29-25(30)33-16-23(31)27-26-15-21-20-8-6-5-7-18(20)13-14-22(21)32-3/h5-15H,4,16H2,1-3H3,(H,27,31). The van der Waals surface area contributed by atoms with E-state index in [4.69, 9.17) is 4.74 Å². The number of hydrogen-bond donors (Lipinski definition) is 1. The fourth-order valence-electron chi connectivity index (χ4n) is 3.51. The maximum atomic E-state index is 12.4. The molecule has 0 radical (unpaired) electrons. The van der Waals surface area contributed by atoms with Gasteiger partial charge in [0.1, 0.15) is 5.75 Å². The lowest BCUT2D eigenvalue weighted by Crippen LogP contribution is -2.20. The predicted molar refractivity (Wildman–Crippen MR) is 133 cm³/mol. The van der Waals surface area contributed by atoms with Crippen LogP contribution in [0.2, 0.25) is 0 Å². The normalized spacial score (nSPS) is 11.2. The lowest BCUT2D eigenvalue weighted by molar-refractivity contribution is -0.118. The number of thioether (sulfide) groups is 1. The second-order valence-electron chi connectivity index (χ2n) is 7.40. The summed E-state index contributed by atoms with van der Waals surface area (Å²) in [6.07, 6.45) is 1.62. The summed E-state index contributed by atoms with van der Waals surface area (Å²) in [7, 11) is 1.62. The van der Waals surface area contributed by atoms with Crippen molar-refractivity contribution in [1.29, 1.82) is 0 Å². The van der Waals surface area contributed by atoms with Gasteiger partial charge in [0, 0.05) is 17.7 Å². The van der Waals surface area contributed by atoms with Gasteiger partial charge >= 0.3 is 0 Å². The van der Waals surface area contributed by atoms with Crippen molar-refractivity contribution in [2.75, 3.05) is 12.9 Å². The number of fused-ring (bicyclic) bond motifs is 1. The van der Waals surface area contributed by atoms with Crippen LogP contribution in [-0.2, 0) is 11.3 Å². The second kappa shape index (κ2) is 10.3. The highest BCUT2D eigenvalue weighted by Gasteiger charge is 2.14. The van der Waals surface area contributed by atoms with E-state index in [2.05, 4.69) is 20.7 Å². The molecule has 1 aromatic heterocycles. The molecule has 1 heterocycles. The van der Waals surface area contributed by atoms with Crippen LogP contribution in [-0.4, -0.2) is 39.7 Å². The molecule has 0 aliphatic heterocycles. The van der Waals surface area contributed by atoms with Gasteiger partial charge in [0.2, 0.25) is 0 Å². The van der Waals surface area contributed by atoms with Crippen molar-refractivity contribution in [3.05, 3.63) is 71.8 Å². The van der Waals surface area contributed by atoms with Crippen molar-refractivity contribution >= 4 is 34.7 Å². The molecule has 0 saturated carbocycles. The number of carbonyl (C=O) groups excluding carboxylic acids is 1. The van der Waals surface area contributed by atoms with E-state index in [1.807, 2.05) is 79.1 Å². The number of aromatic nitrogens is 3. The monoisotopic (exact) mass is 459 g/mol. The molecule has 1 amide bonds. The van der Waals surface area contributed by atoms with Crippen molar-refractivity contribution in [2.24, 2.45) is 5.10 Å². The number of rotatable bonds is 8. The molecule has 1 N–H and O–H groups in total. The molecule has 168 valence electrons. The number of nitrogens with one attached hydrogen (secondary N) is 1. The van der Waals surface area contributed by atoms with E-state index in [-0.39, 0.29) is 11.7 Å². The predicted octanol–water partition coefficient (Wildman–Crippen LogP) is 4.68. The average Bonchev–Trinajstić information content (AvgIpc) is 3.26. The third kappa shape index (κ3) is 5.06. The number of benzene rings is 3. The molecular weight excluding hydrogens is 434 g/mol. The van der Waals surface area contributed by atoms with Gasteiger partial charge in [-0.2, -0.15) is 5.10 Å². The van der Waals surface area contributed by atoms with Gasteiger partial charge in [-0.3, -0.25) is 4.79 Å². The van der Waals surface area contributed by atoms with Crippen molar-refractivity contribution in [1.82, 2.24) is 20.2 Å². The maximum absolute atomic E-state index is 12.4. The fourth-order valence-corrected chi connectivity index (χ4v) is 4.31. The van der Waals surface area contributed by atoms with E-state index < -0.39 is 0 Å². The maximum Gasteiger partial charge on any atom is 0.250 e. The molecule has 33 heavy (non-hydrogen) atoms. The van der Waals surface area contributed by atoms with Crippen molar-refractivity contribution in [3.63, 3.8) is 0 Å². The zero-order valence-corrected chi connectivity index (χ0v) is 19.6. The smallest absolute Gasteiger partial charge is 0.250 e. The van der Waals surface area contributed by atoms with E-state index in [1.165, 1.54) is 17.3 Å². The molecule has 7 nitrogen and oxygen atoms in total. The van der Waals surface area contributed by atoms with Crippen LogP contribution in [0.1, 0.15) is 18.1 Å². The van der Waals surface area contributed by atoms with Crippen LogP contribution in [0.5, 0.6) is 5.75 Å². The Kier molecular flexibility index (Phi) is 7.04. The summed E-state index contributed by atoms with van der Waals surface area (Å²) in [6, 6.07) is 20.0. The summed E-state index contributed by atoms with van der Waals surface area (Å²) in [6.45, 7) is 4.79. The van der Waals surface area contributed by atoms with Gasteiger partial charge in [-0.25, -0.2) is 5.43 Å². The Hall–Kier alpha value is -3.65. The number of nitrogens with zero attached hydrogens (tertiary/aromatic N) is 4. The number of hydrazone groups is 1. The second-order valence-corrected chi connectivity index (χ2v) is 8.34. The lowest BCUT2D eigenvalue weighted by Gasteiger charge is -2.08. The highest BCUT2D eigenvalue weighted by atomic mass is 32.2. The number of aryl methyl sites for hydroxylation is 1. The molecule has 0 fully saturated rings. The molecule has 0 bridgehead atoms. The summed E-state index contributed by atoms with van der Waals surface area (Å²) in [4.78, 5) is 12.4. The Morgan fingerprint density at radius 2 is 1.91 bits per heavy atom. The van der Waals surface area contributed by atoms with Crippen LogP contribution in [0, 0.1) is 6.92 Å². The molecule has 4 aromatic rings. The number of ether oxygens (including phenoxy) is 1. The number of carbonyl (C=O) groups is 1. The molecule has 0 aliphatic rings. The van der Waals surface area contributed by atoms with Crippen LogP contribution < -0.4 is 10.2 Å². The van der Waals surface area contributed by atoms with E-state index in [1.54, 1.807) is 13.3 Å². The molecule has 0 saturated heterocycles.